The first-order valence-electron chi connectivity index (χ1n) is 11.1. The molecule has 1 amide bonds. The number of anilines is 1. The lowest BCUT2D eigenvalue weighted by Gasteiger charge is -2.36. The van der Waals surface area contributed by atoms with Crippen molar-refractivity contribution in [2.24, 2.45) is 4.99 Å². The van der Waals surface area contributed by atoms with Crippen molar-refractivity contribution in [1.82, 2.24) is 20.0 Å². The molecule has 0 spiro atoms. The number of halogens is 2. The van der Waals surface area contributed by atoms with E-state index in [0.717, 1.165) is 63.9 Å². The smallest absolute Gasteiger partial charge is 0.219 e. The highest BCUT2D eigenvalue weighted by Gasteiger charge is 2.21. The maximum Gasteiger partial charge on any atom is 0.219 e. The van der Waals surface area contributed by atoms with Crippen molar-refractivity contribution < 1.29 is 9.18 Å². The number of benzene rings is 1. The maximum absolute atomic E-state index is 14.8. The molecule has 9 heteroatoms. The lowest BCUT2D eigenvalue weighted by Crippen LogP contribution is -2.53. The Hall–Kier alpha value is -1.62. The predicted molar refractivity (Wildman–Crippen MR) is 135 cm³/mol. The van der Waals surface area contributed by atoms with Crippen LogP contribution >= 0.6 is 24.0 Å². The third kappa shape index (κ3) is 6.93. The summed E-state index contributed by atoms with van der Waals surface area (Å²) in [5.74, 6) is 0.761. The molecule has 2 heterocycles. The minimum atomic E-state index is -0.173. The number of nitrogens with zero attached hydrogens (tertiary/aromatic N) is 5. The Morgan fingerprint density at radius 3 is 2.23 bits per heavy atom. The largest absolute Gasteiger partial charge is 0.367 e. The fourth-order valence-electron chi connectivity index (χ4n) is 4.04. The summed E-state index contributed by atoms with van der Waals surface area (Å²) in [7, 11) is 0. The Bertz CT molecular complexity index is 746. The molecule has 0 saturated carbocycles. The van der Waals surface area contributed by atoms with Gasteiger partial charge in [-0.1, -0.05) is 13.0 Å². The predicted octanol–water partition coefficient (Wildman–Crippen LogP) is 2.22. The van der Waals surface area contributed by atoms with Gasteiger partial charge in [0.05, 0.1) is 12.2 Å². The summed E-state index contributed by atoms with van der Waals surface area (Å²) in [6, 6.07) is 5.48. The lowest BCUT2D eigenvalue weighted by molar-refractivity contribution is -0.130. The van der Waals surface area contributed by atoms with E-state index in [2.05, 4.69) is 26.9 Å². The number of piperazine rings is 2. The van der Waals surface area contributed by atoms with Crippen molar-refractivity contribution in [3.8, 4) is 0 Å². The number of rotatable bonds is 5. The molecule has 1 aromatic carbocycles. The highest BCUT2D eigenvalue weighted by molar-refractivity contribution is 14.0. The van der Waals surface area contributed by atoms with Crippen LogP contribution in [-0.4, -0.2) is 92.0 Å². The minimum Gasteiger partial charge on any atom is -0.367 e. The molecular weight excluding hydrogens is 510 g/mol. The van der Waals surface area contributed by atoms with Gasteiger partial charge in [0.25, 0.3) is 0 Å². The van der Waals surface area contributed by atoms with Crippen molar-refractivity contribution in [3.05, 3.63) is 29.6 Å². The second kappa shape index (κ2) is 12.4. The van der Waals surface area contributed by atoms with E-state index in [-0.39, 0.29) is 35.7 Å². The third-order valence-corrected chi connectivity index (χ3v) is 5.94. The van der Waals surface area contributed by atoms with Gasteiger partial charge in [-0.15, -0.1) is 24.0 Å². The van der Waals surface area contributed by atoms with Crippen LogP contribution in [0.25, 0.3) is 0 Å². The zero-order chi connectivity index (χ0) is 21.5. The van der Waals surface area contributed by atoms with Gasteiger partial charge in [0.2, 0.25) is 5.91 Å². The molecule has 3 rings (SSSR count). The van der Waals surface area contributed by atoms with Gasteiger partial charge < -0.3 is 24.9 Å². The van der Waals surface area contributed by atoms with Gasteiger partial charge in [0.15, 0.2) is 5.96 Å². The molecule has 0 radical (unpaired) electrons. The number of carbonyl (C=O) groups is 1. The Labute approximate surface area is 202 Å². The summed E-state index contributed by atoms with van der Waals surface area (Å²) in [6.45, 7) is 14.6. The van der Waals surface area contributed by atoms with E-state index in [0.29, 0.717) is 25.3 Å². The summed E-state index contributed by atoms with van der Waals surface area (Å²) in [5, 5.41) is 3.32. The Morgan fingerprint density at radius 2 is 1.68 bits per heavy atom. The van der Waals surface area contributed by atoms with E-state index in [4.69, 9.17) is 4.99 Å². The Morgan fingerprint density at radius 1 is 1.03 bits per heavy atom. The topological polar surface area (TPSA) is 54.4 Å². The summed E-state index contributed by atoms with van der Waals surface area (Å²) >= 11 is 0. The van der Waals surface area contributed by atoms with Crippen molar-refractivity contribution in [3.63, 3.8) is 0 Å². The minimum absolute atomic E-state index is 0. The molecule has 2 aliphatic heterocycles. The van der Waals surface area contributed by atoms with Gasteiger partial charge >= 0.3 is 0 Å². The van der Waals surface area contributed by atoms with E-state index in [1.807, 2.05) is 24.0 Å². The van der Waals surface area contributed by atoms with E-state index >= 15 is 0 Å². The van der Waals surface area contributed by atoms with Crippen molar-refractivity contribution in [2.75, 3.05) is 70.3 Å². The molecule has 1 N–H and O–H groups in total. The first kappa shape index (κ1) is 25.6. The van der Waals surface area contributed by atoms with Crippen LogP contribution in [0.2, 0.25) is 0 Å². The number of carbonyl (C=O) groups excluding carboxylic acids is 1. The van der Waals surface area contributed by atoms with Crippen LogP contribution in [0.5, 0.6) is 0 Å². The molecule has 174 valence electrons. The van der Waals surface area contributed by atoms with Crippen LogP contribution in [-0.2, 0) is 11.3 Å². The molecule has 7 nitrogen and oxygen atoms in total. The number of hydrogen-bond donors (Lipinski definition) is 1. The second-order valence-electron chi connectivity index (χ2n) is 7.87. The monoisotopic (exact) mass is 546 g/mol. The van der Waals surface area contributed by atoms with Crippen LogP contribution in [0.4, 0.5) is 10.1 Å². The molecule has 0 atom stereocenters. The summed E-state index contributed by atoms with van der Waals surface area (Å²) < 4.78 is 14.8. The Balaban J connectivity index is 0.00000341. The van der Waals surface area contributed by atoms with Crippen LogP contribution in [0.1, 0.15) is 26.3 Å². The number of amides is 1. The van der Waals surface area contributed by atoms with E-state index in [1.54, 1.807) is 13.0 Å². The van der Waals surface area contributed by atoms with Crippen molar-refractivity contribution in [2.45, 2.75) is 27.3 Å². The van der Waals surface area contributed by atoms with Crippen molar-refractivity contribution in [1.29, 1.82) is 0 Å². The van der Waals surface area contributed by atoms with Gasteiger partial charge in [-0.05, 0) is 31.2 Å². The Kier molecular flexibility index (Phi) is 10.3. The number of aliphatic imine (C=N–C) groups is 1. The van der Waals surface area contributed by atoms with E-state index < -0.39 is 0 Å². The number of nitrogens with one attached hydrogen (secondary N) is 1. The normalized spacial score (nSPS) is 18.1. The average Bonchev–Trinajstić information content (AvgIpc) is 2.77. The zero-order valence-electron chi connectivity index (χ0n) is 18.9. The fourth-order valence-corrected chi connectivity index (χ4v) is 4.04. The average molecular weight is 546 g/mol. The third-order valence-electron chi connectivity index (χ3n) is 5.94. The maximum atomic E-state index is 14.8. The van der Waals surface area contributed by atoms with E-state index in [1.165, 1.54) is 0 Å². The van der Waals surface area contributed by atoms with Gasteiger partial charge in [-0.2, -0.15) is 0 Å². The molecule has 1 aromatic rings. The van der Waals surface area contributed by atoms with Gasteiger partial charge in [-0.25, -0.2) is 9.38 Å². The SMILES string of the molecule is CCNC(=NCc1ccc(N2CCN(CC)CC2)c(F)c1)N1CCN(C(C)=O)CC1.I. The number of hydrogen-bond acceptors (Lipinski definition) is 4. The molecule has 31 heavy (non-hydrogen) atoms. The molecule has 0 aliphatic carbocycles. The van der Waals surface area contributed by atoms with Gasteiger partial charge in [0.1, 0.15) is 5.82 Å². The van der Waals surface area contributed by atoms with Crippen LogP contribution in [0.3, 0.4) is 0 Å². The standard InChI is InChI=1S/C22H35FN6O.HI/c1-4-24-22(29-14-12-27(13-15-29)18(3)30)25-17-19-6-7-21(20(23)16-19)28-10-8-26(5-2)9-11-28;/h6-7,16H,4-5,8-15,17H2,1-3H3,(H,24,25);1H. The summed E-state index contributed by atoms with van der Waals surface area (Å²) in [5.41, 5.74) is 1.55. The molecule has 2 saturated heterocycles. The quantitative estimate of drug-likeness (QED) is 0.349. The van der Waals surface area contributed by atoms with E-state index in [9.17, 15) is 9.18 Å². The van der Waals surface area contributed by atoms with Gasteiger partial charge in [0, 0.05) is 65.8 Å². The number of likely N-dealkylation sites (N-methyl/N-ethyl adjacent to an activating group) is 1. The molecule has 0 unspecified atom stereocenters. The van der Waals surface area contributed by atoms with Crippen LogP contribution < -0.4 is 10.2 Å². The molecule has 0 bridgehead atoms. The number of guanidine groups is 1. The lowest BCUT2D eigenvalue weighted by atomic mass is 10.1. The molecule has 0 aromatic heterocycles. The fraction of sp³-hybridized carbons (Fsp3) is 0.636. The molecule has 2 fully saturated rings. The molecular formula is C22H36FIN6O. The highest BCUT2D eigenvalue weighted by atomic mass is 127. The second-order valence-corrected chi connectivity index (χ2v) is 7.87. The first-order chi connectivity index (χ1) is 14.5. The zero-order valence-corrected chi connectivity index (χ0v) is 21.3. The van der Waals surface area contributed by atoms with Crippen molar-refractivity contribution >= 4 is 41.5 Å². The first-order valence-corrected chi connectivity index (χ1v) is 11.1. The summed E-state index contributed by atoms with van der Waals surface area (Å²) in [4.78, 5) is 24.8. The molecule has 2 aliphatic rings. The summed E-state index contributed by atoms with van der Waals surface area (Å²) in [6.07, 6.45) is 0. The highest BCUT2D eigenvalue weighted by Crippen LogP contribution is 2.22. The van der Waals surface area contributed by atoms with Crippen LogP contribution in [0.15, 0.2) is 23.2 Å². The van der Waals surface area contributed by atoms with Gasteiger partial charge in [-0.3, -0.25) is 4.79 Å². The van der Waals surface area contributed by atoms with Crippen LogP contribution in [0, 0.1) is 5.82 Å².